The molecule has 0 unspecified atom stereocenters. The van der Waals surface area contributed by atoms with E-state index in [1.807, 2.05) is 0 Å². The number of rotatable bonds is 5. The second-order valence-corrected chi connectivity index (χ2v) is 6.05. The molecule has 0 aliphatic carbocycles. The van der Waals surface area contributed by atoms with E-state index in [0.29, 0.717) is 22.9 Å². The molecule has 8 nitrogen and oxygen atoms in total. The van der Waals surface area contributed by atoms with Crippen LogP contribution in [-0.2, 0) is 6.54 Å². The number of ether oxygens (including phenoxy) is 2. The van der Waals surface area contributed by atoms with Crippen LogP contribution in [0.4, 0.5) is 0 Å². The second kappa shape index (κ2) is 7.27. The molecule has 0 radical (unpaired) electrons. The molecule has 0 aliphatic heterocycles. The number of nitrogens with one attached hydrogen (secondary N) is 1. The fourth-order valence-electron chi connectivity index (χ4n) is 2.39. The molecule has 0 spiro atoms. The zero-order valence-electron chi connectivity index (χ0n) is 13.8. The third-order valence-electron chi connectivity index (χ3n) is 3.66. The fourth-order valence-corrected chi connectivity index (χ4v) is 2.66. The molecule has 2 aromatic heterocycles. The Morgan fingerprint density at radius 1 is 1.15 bits per heavy atom. The Balaban J connectivity index is 2.00. The molecule has 26 heavy (non-hydrogen) atoms. The number of nitrogens with zero attached hydrogens (tertiary/aromatic N) is 3. The predicted octanol–water partition coefficient (Wildman–Crippen LogP) is 2.09. The minimum atomic E-state index is -0.546. The third kappa shape index (κ3) is 3.33. The van der Waals surface area contributed by atoms with Crippen LogP contribution in [0.5, 0.6) is 11.5 Å². The Bertz CT molecular complexity index is 1070. The zero-order valence-corrected chi connectivity index (χ0v) is 15.3. The van der Waals surface area contributed by atoms with E-state index in [9.17, 15) is 9.59 Å². The van der Waals surface area contributed by atoms with Gasteiger partial charge in [-0.3, -0.25) is 14.7 Å². The summed E-state index contributed by atoms with van der Waals surface area (Å²) in [6.07, 6.45) is 1.27. The van der Waals surface area contributed by atoms with Gasteiger partial charge in [0.05, 0.1) is 37.7 Å². The number of hydrogen-bond donors (Lipinski definition) is 1. The molecule has 3 aromatic rings. The van der Waals surface area contributed by atoms with Gasteiger partial charge < -0.3 is 9.47 Å². The minimum absolute atomic E-state index is 0.0242. The third-order valence-corrected chi connectivity index (χ3v) is 4.41. The highest BCUT2D eigenvalue weighted by molar-refractivity contribution is 6.41. The maximum atomic E-state index is 12.3. The molecule has 10 heteroatoms. The van der Waals surface area contributed by atoms with Gasteiger partial charge in [0.15, 0.2) is 0 Å². The van der Waals surface area contributed by atoms with Gasteiger partial charge in [-0.2, -0.15) is 5.10 Å². The lowest BCUT2D eigenvalue weighted by atomic mass is 10.2. The van der Waals surface area contributed by atoms with Crippen molar-refractivity contribution in [3.63, 3.8) is 0 Å². The van der Waals surface area contributed by atoms with Gasteiger partial charge in [0.2, 0.25) is 0 Å². The summed E-state index contributed by atoms with van der Waals surface area (Å²) in [7, 11) is 3.03. The van der Waals surface area contributed by atoms with Crippen LogP contribution in [0.25, 0.3) is 5.69 Å². The van der Waals surface area contributed by atoms with E-state index in [1.54, 1.807) is 18.2 Å². The molecule has 2 heterocycles. The van der Waals surface area contributed by atoms with Crippen LogP contribution in [-0.4, -0.2) is 33.8 Å². The standard InChI is InChI=1S/C16H14Cl2N4O4/c1-25-10-3-4-12(13(6-10)26-2)22-14(23)5-9(20-22)8-21-16(24)15(18)11(17)7-19-21/h3-7,20H,8H2,1-2H3. The molecule has 0 aliphatic rings. The molecule has 0 bridgehead atoms. The summed E-state index contributed by atoms with van der Waals surface area (Å²) in [4.78, 5) is 24.4. The molecule has 3 rings (SSSR count). The van der Waals surface area contributed by atoms with Gasteiger partial charge >= 0.3 is 0 Å². The van der Waals surface area contributed by atoms with Crippen LogP contribution < -0.4 is 20.6 Å². The minimum Gasteiger partial charge on any atom is -0.497 e. The van der Waals surface area contributed by atoms with E-state index in [4.69, 9.17) is 32.7 Å². The van der Waals surface area contributed by atoms with Gasteiger partial charge in [0.25, 0.3) is 11.1 Å². The van der Waals surface area contributed by atoms with Crippen LogP contribution in [0.1, 0.15) is 5.69 Å². The summed E-state index contributed by atoms with van der Waals surface area (Å²) in [5.74, 6) is 1.04. The molecule has 0 atom stereocenters. The topological polar surface area (TPSA) is 91.1 Å². The van der Waals surface area contributed by atoms with Crippen LogP contribution in [0.3, 0.4) is 0 Å². The Morgan fingerprint density at radius 2 is 1.92 bits per heavy atom. The van der Waals surface area contributed by atoms with E-state index >= 15 is 0 Å². The van der Waals surface area contributed by atoms with Gasteiger partial charge in [0, 0.05) is 12.1 Å². The van der Waals surface area contributed by atoms with Crippen molar-refractivity contribution in [2.45, 2.75) is 6.54 Å². The maximum absolute atomic E-state index is 12.3. The molecule has 0 saturated carbocycles. The number of H-pyrrole nitrogens is 1. The summed E-state index contributed by atoms with van der Waals surface area (Å²) in [6.45, 7) is 0.0242. The van der Waals surface area contributed by atoms with E-state index in [-0.39, 0.29) is 22.1 Å². The van der Waals surface area contributed by atoms with Gasteiger partial charge in [-0.25, -0.2) is 9.36 Å². The highest BCUT2D eigenvalue weighted by Gasteiger charge is 2.13. The Labute approximate surface area is 157 Å². The van der Waals surface area contributed by atoms with Gasteiger partial charge in [-0.05, 0) is 12.1 Å². The van der Waals surface area contributed by atoms with Crippen molar-refractivity contribution in [1.29, 1.82) is 0 Å². The lowest BCUT2D eigenvalue weighted by molar-refractivity contribution is 0.392. The molecular formula is C16H14Cl2N4O4. The Morgan fingerprint density at radius 3 is 2.62 bits per heavy atom. The summed E-state index contributed by atoms with van der Waals surface area (Å²) in [5.41, 5.74) is 0.0891. The Hall–Kier alpha value is -2.71. The Kier molecular flexibility index (Phi) is 5.06. The SMILES string of the molecule is COc1ccc(-n2[nH]c(Cn3ncc(Cl)c(Cl)c3=O)cc2=O)c(OC)c1. The smallest absolute Gasteiger partial charge is 0.287 e. The average Bonchev–Trinajstić information content (AvgIpc) is 3.01. The first kappa shape index (κ1) is 18.1. The predicted molar refractivity (Wildman–Crippen MR) is 97.1 cm³/mol. The molecular weight excluding hydrogens is 383 g/mol. The quantitative estimate of drug-likeness (QED) is 0.712. The fraction of sp³-hybridized carbons (Fsp3) is 0.188. The number of methoxy groups -OCH3 is 2. The first-order valence-corrected chi connectivity index (χ1v) is 8.14. The van der Waals surface area contributed by atoms with Crippen molar-refractivity contribution >= 4 is 23.2 Å². The lowest BCUT2D eigenvalue weighted by Crippen LogP contribution is -2.24. The molecule has 0 amide bonds. The molecule has 1 aromatic carbocycles. The highest BCUT2D eigenvalue weighted by Crippen LogP contribution is 2.26. The second-order valence-electron chi connectivity index (χ2n) is 5.26. The zero-order chi connectivity index (χ0) is 18.8. The highest BCUT2D eigenvalue weighted by atomic mass is 35.5. The van der Waals surface area contributed by atoms with Gasteiger partial charge in [0.1, 0.15) is 22.2 Å². The molecule has 0 fully saturated rings. The normalized spacial score (nSPS) is 10.8. The lowest BCUT2D eigenvalue weighted by Gasteiger charge is -2.10. The maximum Gasteiger partial charge on any atom is 0.287 e. The summed E-state index contributed by atoms with van der Waals surface area (Å²) < 4.78 is 12.9. The van der Waals surface area contributed by atoms with Crippen molar-refractivity contribution in [2.24, 2.45) is 0 Å². The van der Waals surface area contributed by atoms with E-state index in [1.165, 1.54) is 31.2 Å². The van der Waals surface area contributed by atoms with E-state index in [0.717, 1.165) is 4.68 Å². The van der Waals surface area contributed by atoms with Crippen molar-refractivity contribution in [2.75, 3.05) is 14.2 Å². The van der Waals surface area contributed by atoms with Crippen molar-refractivity contribution in [3.05, 3.63) is 66.9 Å². The van der Waals surface area contributed by atoms with Crippen molar-refractivity contribution < 1.29 is 9.47 Å². The number of hydrogen-bond acceptors (Lipinski definition) is 5. The largest absolute Gasteiger partial charge is 0.497 e. The monoisotopic (exact) mass is 396 g/mol. The summed E-state index contributed by atoms with van der Waals surface area (Å²) in [6, 6.07) is 6.41. The van der Waals surface area contributed by atoms with Crippen LogP contribution >= 0.6 is 23.2 Å². The average molecular weight is 397 g/mol. The van der Waals surface area contributed by atoms with Crippen LogP contribution in [0, 0.1) is 0 Å². The van der Waals surface area contributed by atoms with Gasteiger partial charge in [-0.1, -0.05) is 23.2 Å². The molecule has 0 saturated heterocycles. The number of halogens is 2. The summed E-state index contributed by atoms with van der Waals surface area (Å²) >= 11 is 11.6. The molecule has 1 N–H and O–H groups in total. The molecule has 136 valence electrons. The summed E-state index contributed by atoms with van der Waals surface area (Å²) in [5, 5.41) is 6.79. The first-order valence-electron chi connectivity index (χ1n) is 7.39. The number of aromatic nitrogens is 4. The van der Waals surface area contributed by atoms with E-state index in [2.05, 4.69) is 10.2 Å². The van der Waals surface area contributed by atoms with Crippen LogP contribution in [0.2, 0.25) is 10.0 Å². The number of aromatic amines is 1. The number of benzene rings is 1. The van der Waals surface area contributed by atoms with E-state index < -0.39 is 5.56 Å². The van der Waals surface area contributed by atoms with Crippen molar-refractivity contribution in [3.8, 4) is 17.2 Å². The van der Waals surface area contributed by atoms with Gasteiger partial charge in [-0.15, -0.1) is 0 Å². The first-order chi connectivity index (χ1) is 12.4. The van der Waals surface area contributed by atoms with Crippen molar-refractivity contribution in [1.82, 2.24) is 19.6 Å². The van der Waals surface area contributed by atoms with Crippen LogP contribution in [0.15, 0.2) is 40.1 Å².